The molecule has 2 aromatic carbocycles. The van der Waals surface area contributed by atoms with Gasteiger partial charge in [0.05, 0.1) is 7.11 Å². The highest BCUT2D eigenvalue weighted by Gasteiger charge is 2.28. The number of methoxy groups -OCH3 is 1. The number of nitrogens with zero attached hydrogens (tertiary/aromatic N) is 2. The Bertz CT molecular complexity index is 974. The van der Waals surface area contributed by atoms with Gasteiger partial charge in [-0.3, -0.25) is 9.59 Å². The van der Waals surface area contributed by atoms with Crippen molar-refractivity contribution in [2.24, 2.45) is 5.92 Å². The van der Waals surface area contributed by atoms with Crippen molar-refractivity contribution in [3.63, 3.8) is 0 Å². The van der Waals surface area contributed by atoms with Crippen LogP contribution in [-0.2, 0) is 16.1 Å². The first-order chi connectivity index (χ1) is 15.9. The Kier molecular flexibility index (Phi) is 8.40. The minimum Gasteiger partial charge on any atom is -0.493 e. The number of halogens is 2. The van der Waals surface area contributed by atoms with E-state index in [0.29, 0.717) is 32.5 Å². The number of carbonyl (C=O) groups is 2. The maximum Gasteiger partial charge on any atom is 0.387 e. The van der Waals surface area contributed by atoms with E-state index in [1.165, 1.54) is 13.2 Å². The van der Waals surface area contributed by atoms with Crippen molar-refractivity contribution in [2.45, 2.75) is 26.0 Å². The molecule has 3 rings (SSSR count). The number of likely N-dealkylation sites (tertiary alicyclic amines) is 1. The summed E-state index contributed by atoms with van der Waals surface area (Å²) in [7, 11) is 3.08. The van der Waals surface area contributed by atoms with E-state index in [0.717, 1.165) is 11.1 Å². The maximum absolute atomic E-state index is 12.9. The normalized spacial score (nSPS) is 14.5. The van der Waals surface area contributed by atoms with Gasteiger partial charge in [0, 0.05) is 38.7 Å². The number of alkyl halides is 2. The Hall–Kier alpha value is -3.42. The molecule has 2 amide bonds. The first-order valence-corrected chi connectivity index (χ1v) is 10.8. The van der Waals surface area contributed by atoms with Crippen LogP contribution < -0.4 is 9.47 Å². The highest BCUT2D eigenvalue weighted by atomic mass is 19.3. The summed E-state index contributed by atoms with van der Waals surface area (Å²) in [5, 5.41) is 0. The smallest absolute Gasteiger partial charge is 0.387 e. The summed E-state index contributed by atoms with van der Waals surface area (Å²) in [5.74, 6) is -0.0989. The summed E-state index contributed by atoms with van der Waals surface area (Å²) in [6.07, 6.45) is 4.55. The van der Waals surface area contributed by atoms with Crippen molar-refractivity contribution >= 4 is 17.9 Å². The highest BCUT2D eigenvalue weighted by Crippen LogP contribution is 2.30. The largest absolute Gasteiger partial charge is 0.493 e. The van der Waals surface area contributed by atoms with E-state index in [4.69, 9.17) is 4.74 Å². The van der Waals surface area contributed by atoms with Crippen molar-refractivity contribution in [3.8, 4) is 11.5 Å². The van der Waals surface area contributed by atoms with E-state index < -0.39 is 6.61 Å². The lowest BCUT2D eigenvalue weighted by Gasteiger charge is -2.32. The Morgan fingerprint density at radius 2 is 1.82 bits per heavy atom. The molecule has 0 radical (unpaired) electrons. The lowest BCUT2D eigenvalue weighted by Crippen LogP contribution is -2.42. The van der Waals surface area contributed by atoms with Crippen molar-refractivity contribution in [1.82, 2.24) is 9.80 Å². The molecule has 0 aliphatic carbocycles. The van der Waals surface area contributed by atoms with Gasteiger partial charge < -0.3 is 19.3 Å². The summed E-state index contributed by atoms with van der Waals surface area (Å²) < 4.78 is 34.6. The second kappa shape index (κ2) is 11.4. The number of hydrogen-bond donors (Lipinski definition) is 0. The molecule has 0 aromatic heterocycles. The lowest BCUT2D eigenvalue weighted by atomic mass is 9.95. The average molecular weight is 459 g/mol. The van der Waals surface area contributed by atoms with Crippen LogP contribution in [0.15, 0.2) is 54.6 Å². The summed E-state index contributed by atoms with van der Waals surface area (Å²) in [6, 6.07) is 14.2. The highest BCUT2D eigenvalue weighted by molar-refractivity contribution is 5.92. The molecule has 2 aromatic rings. The molecular formula is C25H28F2N2O4. The fourth-order valence-electron chi connectivity index (χ4n) is 3.85. The van der Waals surface area contributed by atoms with E-state index >= 15 is 0 Å². The first-order valence-electron chi connectivity index (χ1n) is 10.8. The second-order valence-electron chi connectivity index (χ2n) is 7.90. The molecule has 1 aliphatic rings. The maximum atomic E-state index is 12.9. The van der Waals surface area contributed by atoms with Crippen LogP contribution in [0.4, 0.5) is 8.78 Å². The van der Waals surface area contributed by atoms with Crippen molar-refractivity contribution in [1.29, 1.82) is 0 Å². The van der Waals surface area contributed by atoms with E-state index in [1.807, 2.05) is 30.3 Å². The van der Waals surface area contributed by atoms with Crippen LogP contribution in [0.1, 0.15) is 24.0 Å². The monoisotopic (exact) mass is 458 g/mol. The van der Waals surface area contributed by atoms with E-state index in [2.05, 4.69) is 4.74 Å². The molecule has 0 atom stereocenters. The molecule has 1 heterocycles. The lowest BCUT2D eigenvalue weighted by molar-refractivity contribution is -0.138. The van der Waals surface area contributed by atoms with Gasteiger partial charge >= 0.3 is 6.61 Å². The third kappa shape index (κ3) is 6.78. The zero-order valence-corrected chi connectivity index (χ0v) is 18.7. The van der Waals surface area contributed by atoms with Gasteiger partial charge in [-0.2, -0.15) is 8.78 Å². The molecule has 0 unspecified atom stereocenters. The topological polar surface area (TPSA) is 59.1 Å². The van der Waals surface area contributed by atoms with Gasteiger partial charge in [0.1, 0.15) is 0 Å². The predicted octanol–water partition coefficient (Wildman–Crippen LogP) is 4.21. The number of ether oxygens (including phenoxy) is 2. The predicted molar refractivity (Wildman–Crippen MR) is 121 cm³/mol. The van der Waals surface area contributed by atoms with E-state index in [9.17, 15) is 18.4 Å². The van der Waals surface area contributed by atoms with Gasteiger partial charge in [-0.25, -0.2) is 0 Å². The second-order valence-corrected chi connectivity index (χ2v) is 7.90. The molecule has 176 valence electrons. The van der Waals surface area contributed by atoms with Crippen LogP contribution in [-0.4, -0.2) is 55.5 Å². The van der Waals surface area contributed by atoms with Crippen LogP contribution in [0.25, 0.3) is 6.08 Å². The molecule has 1 saturated heterocycles. The van der Waals surface area contributed by atoms with Gasteiger partial charge in [-0.05, 0) is 42.2 Å². The molecule has 0 saturated carbocycles. The van der Waals surface area contributed by atoms with Crippen LogP contribution in [0, 0.1) is 5.92 Å². The van der Waals surface area contributed by atoms with Gasteiger partial charge in [0.15, 0.2) is 11.5 Å². The number of piperidine rings is 1. The van der Waals surface area contributed by atoms with Crippen LogP contribution in [0.3, 0.4) is 0 Å². The number of hydrogen-bond acceptors (Lipinski definition) is 4. The zero-order valence-electron chi connectivity index (χ0n) is 18.7. The molecule has 0 bridgehead atoms. The number of rotatable bonds is 8. The third-order valence-electron chi connectivity index (χ3n) is 5.61. The fraction of sp³-hybridized carbons (Fsp3) is 0.360. The number of amides is 2. The molecule has 0 spiro atoms. The van der Waals surface area contributed by atoms with Gasteiger partial charge in [0.25, 0.3) is 0 Å². The van der Waals surface area contributed by atoms with Crippen LogP contribution in [0.2, 0.25) is 0 Å². The molecular weight excluding hydrogens is 430 g/mol. The summed E-state index contributed by atoms with van der Waals surface area (Å²) in [4.78, 5) is 28.7. The number of benzene rings is 2. The number of carbonyl (C=O) groups excluding carboxylic acids is 2. The Labute approximate surface area is 192 Å². The van der Waals surface area contributed by atoms with Gasteiger partial charge in [0.2, 0.25) is 11.8 Å². The molecule has 0 N–H and O–H groups in total. The molecule has 1 fully saturated rings. The SMILES string of the molecule is COc1cc(CN(C)C(=O)C2CCN(C(=O)/C=C/c3ccccc3)CC2)ccc1OC(F)F. The molecule has 8 heteroatoms. The Balaban J connectivity index is 1.52. The van der Waals surface area contributed by atoms with Crippen molar-refractivity contribution < 1.29 is 27.8 Å². The van der Waals surface area contributed by atoms with Crippen LogP contribution in [0.5, 0.6) is 11.5 Å². The third-order valence-corrected chi connectivity index (χ3v) is 5.61. The minimum atomic E-state index is -2.94. The van der Waals surface area contributed by atoms with Crippen LogP contribution >= 0.6 is 0 Å². The Morgan fingerprint density at radius 3 is 2.45 bits per heavy atom. The summed E-state index contributed by atoms with van der Waals surface area (Å²) >= 11 is 0. The van der Waals surface area contributed by atoms with E-state index in [1.54, 1.807) is 41.1 Å². The summed E-state index contributed by atoms with van der Waals surface area (Å²) in [6.45, 7) is -1.59. The molecule has 33 heavy (non-hydrogen) atoms. The standard InChI is InChI=1S/C25H28F2N2O4/c1-28(17-19-8-10-21(33-25(26)27)22(16-19)32-2)24(31)20-12-14-29(15-13-20)23(30)11-9-18-6-4-3-5-7-18/h3-11,16,20,25H,12-15,17H2,1-2H3/b11-9+. The van der Waals surface area contributed by atoms with Gasteiger partial charge in [-0.15, -0.1) is 0 Å². The Morgan fingerprint density at radius 1 is 1.12 bits per heavy atom. The molecule has 6 nitrogen and oxygen atoms in total. The average Bonchev–Trinajstić information content (AvgIpc) is 2.83. The van der Waals surface area contributed by atoms with Gasteiger partial charge in [-0.1, -0.05) is 36.4 Å². The van der Waals surface area contributed by atoms with Crippen molar-refractivity contribution in [3.05, 3.63) is 65.7 Å². The van der Waals surface area contributed by atoms with Crippen molar-refractivity contribution in [2.75, 3.05) is 27.2 Å². The fourth-order valence-corrected chi connectivity index (χ4v) is 3.85. The minimum absolute atomic E-state index is 0.00574. The molecule has 1 aliphatic heterocycles. The quantitative estimate of drug-likeness (QED) is 0.556. The van der Waals surface area contributed by atoms with E-state index in [-0.39, 0.29) is 29.2 Å². The zero-order chi connectivity index (χ0) is 23.8. The first kappa shape index (κ1) is 24.2. The summed E-state index contributed by atoms with van der Waals surface area (Å²) in [5.41, 5.74) is 1.70.